The molecule has 1 aliphatic carbocycles. The van der Waals surface area contributed by atoms with E-state index in [9.17, 15) is 23.2 Å². The Morgan fingerprint density at radius 2 is 1.55 bits per heavy atom. The fourth-order valence-electron chi connectivity index (χ4n) is 4.93. The minimum Gasteiger partial charge on any atom is -0.481 e. The number of aliphatic carboxylic acids is 1. The lowest BCUT2D eigenvalue weighted by atomic mass is 9.77. The second-order valence-electron chi connectivity index (χ2n) is 9.69. The van der Waals surface area contributed by atoms with Crippen molar-refractivity contribution >= 4 is 23.5 Å². The van der Waals surface area contributed by atoms with Crippen molar-refractivity contribution in [3.8, 4) is 11.1 Å². The van der Waals surface area contributed by atoms with Gasteiger partial charge in [-0.25, -0.2) is 8.78 Å². The molecule has 0 saturated heterocycles. The number of hydrogen-bond donors (Lipinski definition) is 3. The van der Waals surface area contributed by atoms with Crippen molar-refractivity contribution < 1.29 is 28.3 Å². The van der Waals surface area contributed by atoms with E-state index in [0.717, 1.165) is 31.7 Å². The first-order chi connectivity index (χ1) is 18.3. The van der Waals surface area contributed by atoms with Crippen molar-refractivity contribution in [2.24, 2.45) is 5.92 Å². The third-order valence-corrected chi connectivity index (χ3v) is 7.00. The largest absolute Gasteiger partial charge is 0.481 e. The lowest BCUT2D eigenvalue weighted by Crippen LogP contribution is -2.27. The monoisotopic (exact) mass is 520 g/mol. The molecule has 0 radical (unpaired) electrons. The van der Waals surface area contributed by atoms with E-state index >= 15 is 0 Å². The molecule has 3 aromatic carbocycles. The van der Waals surface area contributed by atoms with Crippen LogP contribution in [0.1, 0.15) is 60.4 Å². The molecule has 0 spiro atoms. The molecule has 3 aromatic rings. The van der Waals surface area contributed by atoms with Crippen LogP contribution in [0.3, 0.4) is 0 Å². The number of nitrogens with one attached hydrogen (secondary N) is 2. The summed E-state index contributed by atoms with van der Waals surface area (Å²) in [5.74, 6) is -1.99. The van der Waals surface area contributed by atoms with Gasteiger partial charge >= 0.3 is 5.97 Å². The number of hydrogen-bond acceptors (Lipinski definition) is 3. The number of carboxylic acid groups (broad SMARTS) is 1. The molecule has 1 aliphatic rings. The Morgan fingerprint density at radius 1 is 0.868 bits per heavy atom. The van der Waals surface area contributed by atoms with E-state index in [1.165, 1.54) is 17.7 Å². The Balaban J connectivity index is 1.20. The molecule has 0 bridgehead atoms. The van der Waals surface area contributed by atoms with Crippen LogP contribution in [-0.2, 0) is 9.59 Å². The van der Waals surface area contributed by atoms with Crippen molar-refractivity contribution in [1.29, 1.82) is 0 Å². The summed E-state index contributed by atoms with van der Waals surface area (Å²) in [6.07, 6.45) is 4.10. The summed E-state index contributed by atoms with van der Waals surface area (Å²) in [5.41, 5.74) is 3.00. The van der Waals surface area contributed by atoms with Crippen LogP contribution in [-0.4, -0.2) is 29.4 Å². The number of anilines is 1. The average molecular weight is 521 g/mol. The summed E-state index contributed by atoms with van der Waals surface area (Å²) < 4.78 is 27.1. The standard InChI is InChI=1S/C30H30F2N2O4/c31-24-11-14-26(27(32)18-24)22-5-7-23(8-6-22)30(38)33-16-15-28(35)34-25-12-9-21(10-13-25)20-3-1-19(2-4-20)17-29(36)37/h5-14,18-20H,1-4,15-17H2,(H,33,38)(H,34,35)(H,36,37). The van der Waals surface area contributed by atoms with E-state index in [0.29, 0.717) is 22.7 Å². The second-order valence-corrected chi connectivity index (χ2v) is 9.69. The minimum atomic E-state index is -0.733. The first-order valence-electron chi connectivity index (χ1n) is 12.7. The van der Waals surface area contributed by atoms with E-state index in [1.807, 2.05) is 24.3 Å². The third-order valence-electron chi connectivity index (χ3n) is 7.00. The van der Waals surface area contributed by atoms with E-state index in [4.69, 9.17) is 5.11 Å². The van der Waals surface area contributed by atoms with Crippen LogP contribution in [0.25, 0.3) is 11.1 Å². The van der Waals surface area contributed by atoms with Gasteiger partial charge in [0.2, 0.25) is 5.91 Å². The highest BCUT2D eigenvalue weighted by molar-refractivity contribution is 5.95. The Hall–Kier alpha value is -4.07. The fourth-order valence-corrected chi connectivity index (χ4v) is 4.93. The lowest BCUT2D eigenvalue weighted by Gasteiger charge is -2.28. The summed E-state index contributed by atoms with van der Waals surface area (Å²) in [4.78, 5) is 35.6. The van der Waals surface area contributed by atoms with Crippen LogP contribution in [0.15, 0.2) is 66.7 Å². The summed E-state index contributed by atoms with van der Waals surface area (Å²) in [7, 11) is 0. The molecule has 198 valence electrons. The molecule has 3 N–H and O–H groups in total. The smallest absolute Gasteiger partial charge is 0.303 e. The maximum Gasteiger partial charge on any atom is 0.303 e. The summed E-state index contributed by atoms with van der Waals surface area (Å²) in [5, 5.41) is 14.5. The van der Waals surface area contributed by atoms with Gasteiger partial charge in [0, 0.05) is 42.3 Å². The number of amides is 2. The quantitative estimate of drug-likeness (QED) is 0.316. The van der Waals surface area contributed by atoms with Crippen molar-refractivity contribution in [3.05, 3.63) is 89.5 Å². The highest BCUT2D eigenvalue weighted by atomic mass is 19.1. The van der Waals surface area contributed by atoms with Crippen LogP contribution in [0.4, 0.5) is 14.5 Å². The van der Waals surface area contributed by atoms with E-state index in [2.05, 4.69) is 10.6 Å². The first-order valence-corrected chi connectivity index (χ1v) is 12.7. The number of carbonyl (C=O) groups is 3. The molecule has 0 heterocycles. The SMILES string of the molecule is O=C(O)CC1CCC(c2ccc(NC(=O)CCNC(=O)c3ccc(-c4ccc(F)cc4F)cc3)cc2)CC1. The number of halogens is 2. The second kappa shape index (κ2) is 12.4. The molecule has 1 fully saturated rings. The summed E-state index contributed by atoms with van der Waals surface area (Å²) >= 11 is 0. The maximum atomic E-state index is 14.0. The van der Waals surface area contributed by atoms with Gasteiger partial charge in [-0.2, -0.15) is 0 Å². The number of rotatable bonds is 9. The zero-order valence-electron chi connectivity index (χ0n) is 20.9. The van der Waals surface area contributed by atoms with Crippen molar-refractivity contribution in [2.75, 3.05) is 11.9 Å². The number of carbonyl (C=O) groups excluding carboxylic acids is 2. The molecule has 4 rings (SSSR count). The molecule has 0 aliphatic heterocycles. The van der Waals surface area contributed by atoms with Gasteiger partial charge < -0.3 is 15.7 Å². The molecule has 0 unspecified atom stereocenters. The van der Waals surface area contributed by atoms with Gasteiger partial charge in [-0.15, -0.1) is 0 Å². The fraction of sp³-hybridized carbons (Fsp3) is 0.300. The normalized spacial score (nSPS) is 17.0. The van der Waals surface area contributed by atoms with Gasteiger partial charge in [0.05, 0.1) is 0 Å². The van der Waals surface area contributed by atoms with Crippen LogP contribution >= 0.6 is 0 Å². The molecule has 0 atom stereocenters. The Labute approximate surface area is 220 Å². The van der Waals surface area contributed by atoms with E-state index in [-0.39, 0.29) is 42.7 Å². The Bertz CT molecular complexity index is 1280. The van der Waals surface area contributed by atoms with Crippen molar-refractivity contribution in [3.63, 3.8) is 0 Å². The molecular formula is C30H30F2N2O4. The highest BCUT2D eigenvalue weighted by Gasteiger charge is 2.24. The predicted molar refractivity (Wildman–Crippen MR) is 141 cm³/mol. The first kappa shape index (κ1) is 27.0. The molecule has 8 heteroatoms. The summed E-state index contributed by atoms with van der Waals surface area (Å²) in [6.45, 7) is 0.149. The zero-order chi connectivity index (χ0) is 27.1. The number of benzene rings is 3. The predicted octanol–water partition coefficient (Wildman–Crippen LogP) is 6.14. The van der Waals surface area contributed by atoms with Crippen LogP contribution < -0.4 is 10.6 Å². The van der Waals surface area contributed by atoms with Crippen LogP contribution in [0, 0.1) is 17.6 Å². The maximum absolute atomic E-state index is 14.0. The molecular weight excluding hydrogens is 490 g/mol. The Morgan fingerprint density at radius 3 is 2.18 bits per heavy atom. The average Bonchev–Trinajstić information content (AvgIpc) is 2.89. The van der Waals surface area contributed by atoms with Gasteiger partial charge in [0.1, 0.15) is 11.6 Å². The topological polar surface area (TPSA) is 95.5 Å². The van der Waals surface area contributed by atoms with Crippen LogP contribution in [0.2, 0.25) is 0 Å². The van der Waals surface area contributed by atoms with E-state index < -0.39 is 17.6 Å². The molecule has 1 saturated carbocycles. The van der Waals surface area contributed by atoms with Gasteiger partial charge in [0.15, 0.2) is 0 Å². The van der Waals surface area contributed by atoms with E-state index in [1.54, 1.807) is 24.3 Å². The van der Waals surface area contributed by atoms with Gasteiger partial charge in [-0.05, 0) is 85.0 Å². The molecule has 6 nitrogen and oxygen atoms in total. The third kappa shape index (κ3) is 7.25. The highest BCUT2D eigenvalue weighted by Crippen LogP contribution is 2.37. The molecule has 2 amide bonds. The number of carboxylic acids is 1. The Kier molecular flexibility index (Phi) is 8.84. The minimum absolute atomic E-state index is 0.0972. The lowest BCUT2D eigenvalue weighted by molar-refractivity contribution is -0.138. The van der Waals surface area contributed by atoms with Crippen LogP contribution in [0.5, 0.6) is 0 Å². The van der Waals surface area contributed by atoms with Gasteiger partial charge in [-0.1, -0.05) is 24.3 Å². The van der Waals surface area contributed by atoms with Gasteiger partial charge in [0.25, 0.3) is 5.91 Å². The molecule has 0 aromatic heterocycles. The van der Waals surface area contributed by atoms with Crippen molar-refractivity contribution in [1.82, 2.24) is 5.32 Å². The van der Waals surface area contributed by atoms with Crippen molar-refractivity contribution in [2.45, 2.75) is 44.4 Å². The van der Waals surface area contributed by atoms with Gasteiger partial charge in [-0.3, -0.25) is 14.4 Å². The zero-order valence-corrected chi connectivity index (χ0v) is 20.9. The summed E-state index contributed by atoms with van der Waals surface area (Å²) in [6, 6.07) is 17.3. The molecule has 38 heavy (non-hydrogen) atoms.